The number of rotatable bonds is 5. The molecule has 0 spiro atoms. The molecule has 2 N–H and O–H groups in total. The van der Waals surface area contributed by atoms with Crippen molar-refractivity contribution < 1.29 is 4.79 Å². The molecule has 2 unspecified atom stereocenters. The Morgan fingerprint density at radius 1 is 1.24 bits per heavy atom. The number of nitrogens with zero attached hydrogens (tertiary/aromatic N) is 1. The largest absolute Gasteiger partial charge is 0.326 e. The molecule has 0 radical (unpaired) electrons. The van der Waals surface area contributed by atoms with Crippen LogP contribution in [0, 0.1) is 11.8 Å². The van der Waals surface area contributed by atoms with Crippen molar-refractivity contribution in [2.75, 3.05) is 25.0 Å². The molecule has 0 aliphatic carbocycles. The van der Waals surface area contributed by atoms with Crippen LogP contribution in [0.25, 0.3) is 0 Å². The Balaban J connectivity index is 0.00000156. The van der Waals surface area contributed by atoms with Gasteiger partial charge in [0.15, 0.2) is 0 Å². The summed E-state index contributed by atoms with van der Waals surface area (Å²) < 4.78 is 0. The Morgan fingerprint density at radius 2 is 1.92 bits per heavy atom. The van der Waals surface area contributed by atoms with Crippen LogP contribution in [0.4, 0.5) is 5.69 Å². The van der Waals surface area contributed by atoms with Gasteiger partial charge in [-0.3, -0.25) is 9.69 Å². The predicted octanol–water partition coefficient (Wildman–Crippen LogP) is 3.70. The van der Waals surface area contributed by atoms with Crippen molar-refractivity contribution in [1.82, 2.24) is 10.2 Å². The van der Waals surface area contributed by atoms with Crippen molar-refractivity contribution in [1.29, 1.82) is 0 Å². The monoisotopic (exact) mass is 387 g/mol. The smallest absolute Gasteiger partial charge is 0.227 e. The fraction of sp³-hybridized carbons (Fsp3) is 0.632. The van der Waals surface area contributed by atoms with Gasteiger partial charge in [-0.25, -0.2) is 0 Å². The first-order chi connectivity index (χ1) is 11.1. The summed E-state index contributed by atoms with van der Waals surface area (Å²) in [7, 11) is 0. The third-order valence-corrected chi connectivity index (χ3v) is 5.48. The quantitative estimate of drug-likeness (QED) is 0.809. The number of piperidine rings is 1. The van der Waals surface area contributed by atoms with E-state index >= 15 is 0 Å². The van der Waals surface area contributed by atoms with E-state index in [1.165, 1.54) is 31.4 Å². The molecular weight excluding hydrogens is 357 g/mol. The van der Waals surface area contributed by atoms with Gasteiger partial charge in [0, 0.05) is 24.2 Å². The van der Waals surface area contributed by atoms with E-state index in [0.29, 0.717) is 12.0 Å². The molecule has 2 atom stereocenters. The molecule has 0 bridgehead atoms. The molecule has 0 aromatic heterocycles. The lowest BCUT2D eigenvalue weighted by atomic mass is 9.88. The van der Waals surface area contributed by atoms with Gasteiger partial charge in [-0.05, 0) is 63.0 Å². The fourth-order valence-electron chi connectivity index (χ4n) is 3.46. The number of benzene rings is 1. The molecule has 1 amide bonds. The first-order valence-electron chi connectivity index (χ1n) is 8.98. The van der Waals surface area contributed by atoms with E-state index in [4.69, 9.17) is 0 Å². The molecule has 1 aromatic carbocycles. The molecule has 3 rings (SSSR count). The van der Waals surface area contributed by atoms with E-state index in [9.17, 15) is 4.79 Å². The second kappa shape index (κ2) is 10.4. The fourth-order valence-corrected chi connectivity index (χ4v) is 3.46. The van der Waals surface area contributed by atoms with Crippen LogP contribution in [-0.4, -0.2) is 36.5 Å². The van der Waals surface area contributed by atoms with Gasteiger partial charge in [0.05, 0.1) is 0 Å². The lowest BCUT2D eigenvalue weighted by Gasteiger charge is -2.33. The van der Waals surface area contributed by atoms with Crippen molar-refractivity contribution in [3.8, 4) is 0 Å². The van der Waals surface area contributed by atoms with Crippen LogP contribution in [0.5, 0.6) is 0 Å². The minimum Gasteiger partial charge on any atom is -0.326 e. The number of halogens is 2. The zero-order chi connectivity index (χ0) is 16.2. The lowest BCUT2D eigenvalue weighted by Crippen LogP contribution is -2.48. The highest BCUT2D eigenvalue weighted by atomic mass is 35.5. The number of likely N-dealkylation sites (tertiary alicyclic amines) is 1. The molecule has 2 aliphatic heterocycles. The van der Waals surface area contributed by atoms with Crippen molar-refractivity contribution in [3.05, 3.63) is 29.8 Å². The van der Waals surface area contributed by atoms with Crippen LogP contribution < -0.4 is 10.6 Å². The van der Waals surface area contributed by atoms with Gasteiger partial charge in [-0.15, -0.1) is 24.8 Å². The zero-order valence-corrected chi connectivity index (χ0v) is 16.8. The maximum Gasteiger partial charge on any atom is 0.227 e. The molecule has 0 saturated carbocycles. The summed E-state index contributed by atoms with van der Waals surface area (Å²) in [6.07, 6.45) is 3.98. The Morgan fingerprint density at radius 3 is 2.48 bits per heavy atom. The number of carbonyl (C=O) groups excluding carboxylic acids is 1. The summed E-state index contributed by atoms with van der Waals surface area (Å²) in [5, 5.41) is 6.28. The number of hydrogen-bond acceptors (Lipinski definition) is 3. The van der Waals surface area contributed by atoms with Crippen molar-refractivity contribution in [2.45, 2.75) is 45.7 Å². The van der Waals surface area contributed by atoms with Gasteiger partial charge in [0.2, 0.25) is 5.91 Å². The zero-order valence-electron chi connectivity index (χ0n) is 15.2. The first-order valence-corrected chi connectivity index (χ1v) is 8.98. The molecule has 4 nitrogen and oxygen atoms in total. The average molecular weight is 388 g/mol. The second-order valence-corrected chi connectivity index (χ2v) is 7.21. The average Bonchev–Trinajstić information content (AvgIpc) is 2.49. The number of hydrogen-bond donors (Lipinski definition) is 2. The molecule has 142 valence electrons. The number of nitrogens with one attached hydrogen (secondary N) is 2. The van der Waals surface area contributed by atoms with Crippen LogP contribution in [0.1, 0.15) is 38.7 Å². The van der Waals surface area contributed by atoms with Crippen LogP contribution in [0.15, 0.2) is 24.3 Å². The van der Waals surface area contributed by atoms with Crippen LogP contribution in [0.3, 0.4) is 0 Å². The predicted molar refractivity (Wildman–Crippen MR) is 109 cm³/mol. The summed E-state index contributed by atoms with van der Waals surface area (Å²) in [4.78, 5) is 14.8. The Bertz CT molecular complexity index is 534. The molecule has 2 heterocycles. The highest BCUT2D eigenvalue weighted by Crippen LogP contribution is 2.21. The van der Waals surface area contributed by atoms with E-state index in [1.54, 1.807) is 0 Å². The molecule has 6 heteroatoms. The number of anilines is 1. The van der Waals surface area contributed by atoms with E-state index in [2.05, 4.69) is 34.6 Å². The van der Waals surface area contributed by atoms with Crippen molar-refractivity contribution >= 4 is 36.4 Å². The summed E-state index contributed by atoms with van der Waals surface area (Å²) in [5.41, 5.74) is 2.23. The van der Waals surface area contributed by atoms with Gasteiger partial charge in [-0.1, -0.05) is 25.5 Å². The van der Waals surface area contributed by atoms with Crippen molar-refractivity contribution in [2.24, 2.45) is 11.8 Å². The van der Waals surface area contributed by atoms with Crippen LogP contribution in [-0.2, 0) is 11.3 Å². The Hall–Kier alpha value is -0.810. The third kappa shape index (κ3) is 5.85. The van der Waals surface area contributed by atoms with E-state index in [-0.39, 0.29) is 36.6 Å². The van der Waals surface area contributed by atoms with Crippen LogP contribution in [0.2, 0.25) is 0 Å². The SMILES string of the molecule is CC(C(=O)Nc1ccc(CN2CCCCC2C)cc1)C1CNC1.Cl.Cl. The number of amides is 1. The third-order valence-electron chi connectivity index (χ3n) is 5.48. The summed E-state index contributed by atoms with van der Waals surface area (Å²) in [6, 6.07) is 9.04. The molecule has 2 fully saturated rings. The van der Waals surface area contributed by atoms with Gasteiger partial charge in [-0.2, -0.15) is 0 Å². The van der Waals surface area contributed by atoms with Gasteiger partial charge in [0.1, 0.15) is 0 Å². The van der Waals surface area contributed by atoms with Crippen LogP contribution >= 0.6 is 24.8 Å². The normalized spacial score (nSPS) is 22.1. The van der Waals surface area contributed by atoms with E-state index in [0.717, 1.165) is 25.3 Å². The van der Waals surface area contributed by atoms with Gasteiger partial charge < -0.3 is 10.6 Å². The molecular formula is C19H31Cl2N3O. The Kier molecular flexibility index (Phi) is 9.22. The Labute approximate surface area is 163 Å². The topological polar surface area (TPSA) is 44.4 Å². The van der Waals surface area contributed by atoms with E-state index < -0.39 is 0 Å². The first kappa shape index (κ1) is 22.2. The standard InChI is InChI=1S/C19H29N3O.2ClH/c1-14-5-3-4-10-22(14)13-16-6-8-18(9-7-16)21-19(23)15(2)17-11-20-12-17;;/h6-9,14-15,17,20H,3-5,10-13H2,1-2H3,(H,21,23);2*1H. The van der Waals surface area contributed by atoms with E-state index in [1.807, 2.05) is 19.1 Å². The van der Waals surface area contributed by atoms with Gasteiger partial charge >= 0.3 is 0 Å². The summed E-state index contributed by atoms with van der Waals surface area (Å²) in [5.74, 6) is 0.689. The number of carbonyl (C=O) groups is 1. The maximum atomic E-state index is 12.2. The molecule has 2 aliphatic rings. The minimum absolute atomic E-state index is 0. The maximum absolute atomic E-state index is 12.2. The molecule has 1 aromatic rings. The van der Waals surface area contributed by atoms with Gasteiger partial charge in [0.25, 0.3) is 0 Å². The van der Waals surface area contributed by atoms with Crippen molar-refractivity contribution in [3.63, 3.8) is 0 Å². The molecule has 2 saturated heterocycles. The minimum atomic E-state index is 0. The lowest BCUT2D eigenvalue weighted by molar-refractivity contribution is -0.121. The summed E-state index contributed by atoms with van der Waals surface area (Å²) in [6.45, 7) is 8.48. The second-order valence-electron chi connectivity index (χ2n) is 7.21. The summed E-state index contributed by atoms with van der Waals surface area (Å²) >= 11 is 0. The highest BCUT2D eigenvalue weighted by molar-refractivity contribution is 5.92. The highest BCUT2D eigenvalue weighted by Gasteiger charge is 2.28. The molecule has 25 heavy (non-hydrogen) atoms.